The first kappa shape index (κ1) is 10.8. The first-order valence-corrected chi connectivity index (χ1v) is 5.52. The van der Waals surface area contributed by atoms with Crippen molar-refractivity contribution in [2.75, 3.05) is 0 Å². The van der Waals surface area contributed by atoms with E-state index in [2.05, 4.69) is 10.3 Å². The molecule has 0 saturated heterocycles. The molecule has 0 bridgehead atoms. The van der Waals surface area contributed by atoms with Crippen LogP contribution < -0.4 is 0 Å². The third-order valence-electron chi connectivity index (χ3n) is 2.63. The van der Waals surface area contributed by atoms with Crippen LogP contribution in [0.1, 0.15) is 37.1 Å². The van der Waals surface area contributed by atoms with Gasteiger partial charge in [0.15, 0.2) is 0 Å². The van der Waals surface area contributed by atoms with Gasteiger partial charge in [0.25, 0.3) is 6.43 Å². The Morgan fingerprint density at radius 3 is 2.73 bits per heavy atom. The summed E-state index contributed by atoms with van der Waals surface area (Å²) in [5, 5.41) is 7.37. The minimum absolute atomic E-state index is 0.0108. The van der Waals surface area contributed by atoms with Gasteiger partial charge in [0.2, 0.25) is 0 Å². The van der Waals surface area contributed by atoms with Gasteiger partial charge in [0, 0.05) is 6.54 Å². The summed E-state index contributed by atoms with van der Waals surface area (Å²) >= 11 is 5.52. The second kappa shape index (κ2) is 4.43. The molecule has 0 N–H and O–H groups in total. The van der Waals surface area contributed by atoms with Gasteiger partial charge in [-0.3, -0.25) is 0 Å². The molecule has 0 atom stereocenters. The lowest BCUT2D eigenvalue weighted by Crippen LogP contribution is -2.07. The van der Waals surface area contributed by atoms with Gasteiger partial charge in [-0.05, 0) is 12.3 Å². The Hall–Kier alpha value is -0.710. The second-order valence-electron chi connectivity index (χ2n) is 3.81. The number of nitrogens with zero attached hydrogens (tertiary/aromatic N) is 3. The molecule has 15 heavy (non-hydrogen) atoms. The van der Waals surface area contributed by atoms with E-state index in [1.807, 2.05) is 0 Å². The van der Waals surface area contributed by atoms with Crippen LogP contribution in [0.25, 0.3) is 0 Å². The quantitative estimate of drug-likeness (QED) is 0.735. The number of alkyl halides is 3. The normalized spacial score (nSPS) is 16.3. The Bertz CT molecular complexity index is 336. The third kappa shape index (κ3) is 2.45. The number of hydrogen-bond donors (Lipinski definition) is 0. The minimum atomic E-state index is -2.55. The molecule has 0 amide bonds. The smallest absolute Gasteiger partial charge is 0.243 e. The highest BCUT2D eigenvalue weighted by Crippen LogP contribution is 2.33. The Kier molecular flexibility index (Phi) is 3.19. The minimum Gasteiger partial charge on any atom is -0.243 e. The fourth-order valence-corrected chi connectivity index (χ4v) is 1.76. The predicted molar refractivity (Wildman–Crippen MR) is 51.9 cm³/mol. The van der Waals surface area contributed by atoms with Gasteiger partial charge in [-0.2, -0.15) is 0 Å². The zero-order valence-corrected chi connectivity index (χ0v) is 8.92. The van der Waals surface area contributed by atoms with Crippen LogP contribution in [-0.4, -0.2) is 15.0 Å². The highest BCUT2D eigenvalue weighted by atomic mass is 35.5. The molecule has 0 aliphatic heterocycles. The average Bonchev–Trinajstić information content (AvgIpc) is 2.93. The van der Waals surface area contributed by atoms with E-state index in [9.17, 15) is 8.78 Å². The lowest BCUT2D eigenvalue weighted by atomic mass is 10.3. The van der Waals surface area contributed by atoms with Crippen LogP contribution in [0.2, 0.25) is 0 Å². The largest absolute Gasteiger partial charge is 0.281 e. The van der Waals surface area contributed by atoms with Crippen molar-refractivity contribution in [3.8, 4) is 0 Å². The summed E-state index contributed by atoms with van der Waals surface area (Å²) in [6.45, 7) is 0.522. The van der Waals surface area contributed by atoms with E-state index in [-0.39, 0.29) is 17.3 Å². The van der Waals surface area contributed by atoms with Crippen molar-refractivity contribution in [2.24, 2.45) is 5.92 Å². The summed E-state index contributed by atoms with van der Waals surface area (Å²) < 4.78 is 26.7. The molecule has 0 spiro atoms. The molecule has 1 aromatic rings. The van der Waals surface area contributed by atoms with E-state index in [4.69, 9.17) is 11.6 Å². The van der Waals surface area contributed by atoms with Crippen molar-refractivity contribution in [1.29, 1.82) is 0 Å². The SMILES string of the molecule is FC(F)c1c(CCl)nnn1CCC1CC1. The number of aromatic nitrogens is 3. The van der Waals surface area contributed by atoms with E-state index in [0.717, 1.165) is 6.42 Å². The fraction of sp³-hybridized carbons (Fsp3) is 0.778. The van der Waals surface area contributed by atoms with E-state index >= 15 is 0 Å². The molecule has 1 aliphatic rings. The molecule has 1 aromatic heterocycles. The van der Waals surface area contributed by atoms with E-state index in [1.165, 1.54) is 17.5 Å². The zero-order chi connectivity index (χ0) is 10.8. The summed E-state index contributed by atoms with van der Waals surface area (Å²) in [6, 6.07) is 0. The van der Waals surface area contributed by atoms with Gasteiger partial charge < -0.3 is 0 Å². The molecular formula is C9H12ClF2N3. The average molecular weight is 236 g/mol. The van der Waals surface area contributed by atoms with E-state index in [1.54, 1.807) is 0 Å². The fourth-order valence-electron chi connectivity index (χ4n) is 1.57. The van der Waals surface area contributed by atoms with Gasteiger partial charge in [-0.15, -0.1) is 16.7 Å². The van der Waals surface area contributed by atoms with Crippen molar-refractivity contribution in [2.45, 2.75) is 38.1 Å². The Labute approximate surface area is 91.4 Å². The van der Waals surface area contributed by atoms with Crippen molar-refractivity contribution < 1.29 is 8.78 Å². The standard InChI is InChI=1S/C9H12ClF2N3/c10-5-7-8(9(11)12)15(14-13-7)4-3-6-1-2-6/h6,9H,1-5H2. The summed E-state index contributed by atoms with van der Waals surface area (Å²) in [5.41, 5.74) is 0.0770. The number of halogens is 3. The molecule has 1 heterocycles. The van der Waals surface area contributed by atoms with Crippen LogP contribution in [0.4, 0.5) is 8.78 Å². The molecule has 1 fully saturated rings. The molecule has 2 rings (SSSR count). The number of aryl methyl sites for hydroxylation is 1. The number of hydrogen-bond acceptors (Lipinski definition) is 2. The van der Waals surface area contributed by atoms with Crippen molar-refractivity contribution in [3.05, 3.63) is 11.4 Å². The summed E-state index contributed by atoms with van der Waals surface area (Å²) in [6.07, 6.45) is 0.778. The molecule has 0 aromatic carbocycles. The predicted octanol–water partition coefficient (Wildman–Crippen LogP) is 2.75. The van der Waals surface area contributed by atoms with Crippen LogP contribution in [-0.2, 0) is 12.4 Å². The van der Waals surface area contributed by atoms with Gasteiger partial charge in [0.05, 0.1) is 5.88 Å². The lowest BCUT2D eigenvalue weighted by Gasteiger charge is -2.05. The van der Waals surface area contributed by atoms with E-state index < -0.39 is 6.43 Å². The van der Waals surface area contributed by atoms with Crippen LogP contribution in [0.3, 0.4) is 0 Å². The Balaban J connectivity index is 2.09. The van der Waals surface area contributed by atoms with Crippen molar-refractivity contribution >= 4 is 11.6 Å². The monoisotopic (exact) mass is 235 g/mol. The van der Waals surface area contributed by atoms with E-state index in [0.29, 0.717) is 12.5 Å². The zero-order valence-electron chi connectivity index (χ0n) is 8.17. The van der Waals surface area contributed by atoms with Crippen LogP contribution in [0.5, 0.6) is 0 Å². The molecule has 6 heteroatoms. The van der Waals surface area contributed by atoms with Crippen molar-refractivity contribution in [3.63, 3.8) is 0 Å². The molecule has 1 saturated carbocycles. The first-order valence-electron chi connectivity index (χ1n) is 4.98. The molecule has 0 unspecified atom stereocenters. The Morgan fingerprint density at radius 1 is 1.47 bits per heavy atom. The van der Waals surface area contributed by atoms with Crippen LogP contribution in [0, 0.1) is 5.92 Å². The molecule has 1 aliphatic carbocycles. The highest BCUT2D eigenvalue weighted by Gasteiger charge is 2.24. The van der Waals surface area contributed by atoms with Gasteiger partial charge in [-0.25, -0.2) is 13.5 Å². The van der Waals surface area contributed by atoms with Crippen LogP contribution >= 0.6 is 11.6 Å². The van der Waals surface area contributed by atoms with Gasteiger partial charge in [-0.1, -0.05) is 18.1 Å². The molecular weight excluding hydrogens is 224 g/mol. The summed E-state index contributed by atoms with van der Waals surface area (Å²) in [4.78, 5) is 0. The van der Waals surface area contributed by atoms with Gasteiger partial charge in [0.1, 0.15) is 11.4 Å². The molecule has 84 valence electrons. The maximum atomic E-state index is 12.7. The first-order chi connectivity index (χ1) is 7.22. The summed E-state index contributed by atoms with van der Waals surface area (Å²) in [5.74, 6) is 0.683. The third-order valence-corrected chi connectivity index (χ3v) is 2.88. The second-order valence-corrected chi connectivity index (χ2v) is 4.08. The molecule has 3 nitrogen and oxygen atoms in total. The maximum Gasteiger partial charge on any atom is 0.281 e. The van der Waals surface area contributed by atoms with Crippen molar-refractivity contribution in [1.82, 2.24) is 15.0 Å². The molecule has 0 radical (unpaired) electrons. The topological polar surface area (TPSA) is 30.7 Å². The Morgan fingerprint density at radius 2 is 2.20 bits per heavy atom. The van der Waals surface area contributed by atoms with Gasteiger partial charge >= 0.3 is 0 Å². The summed E-state index contributed by atoms with van der Waals surface area (Å²) in [7, 11) is 0. The lowest BCUT2D eigenvalue weighted by molar-refractivity contribution is 0.137. The number of rotatable bonds is 5. The van der Waals surface area contributed by atoms with Crippen LogP contribution in [0.15, 0.2) is 0 Å². The highest BCUT2D eigenvalue weighted by molar-refractivity contribution is 6.16. The maximum absolute atomic E-state index is 12.7.